The highest BCUT2D eigenvalue weighted by molar-refractivity contribution is 6.31. The van der Waals surface area contributed by atoms with E-state index in [4.69, 9.17) is 21.1 Å². The van der Waals surface area contributed by atoms with E-state index in [1.165, 1.54) is 7.11 Å². The van der Waals surface area contributed by atoms with Crippen molar-refractivity contribution in [3.8, 4) is 5.75 Å². The molecule has 0 radical (unpaired) electrons. The van der Waals surface area contributed by atoms with Gasteiger partial charge < -0.3 is 20.1 Å². The Kier molecular flexibility index (Phi) is 6.05. The summed E-state index contributed by atoms with van der Waals surface area (Å²) < 4.78 is 10.2. The van der Waals surface area contributed by atoms with Crippen LogP contribution in [0.2, 0.25) is 5.02 Å². The van der Waals surface area contributed by atoms with E-state index in [1.54, 1.807) is 45.9 Å². The third-order valence-electron chi connectivity index (χ3n) is 2.55. The van der Waals surface area contributed by atoms with Crippen molar-refractivity contribution in [1.29, 1.82) is 0 Å². The number of benzene rings is 1. The standard InChI is InChI=1S/C15H21ClN2O4/c1-9(17-14(20)22-15(2,3)4)13(19)18-11-8-10(16)6-7-12(11)21-5/h6-9H,1-5H3,(H,17,20)(H,18,19). The van der Waals surface area contributed by atoms with E-state index in [0.717, 1.165) is 0 Å². The second-order valence-electron chi connectivity index (χ2n) is 5.70. The lowest BCUT2D eigenvalue weighted by Crippen LogP contribution is -2.44. The molecule has 0 saturated heterocycles. The minimum absolute atomic E-state index is 0.411. The Hall–Kier alpha value is -1.95. The molecule has 1 unspecified atom stereocenters. The number of alkyl carbamates (subject to hydrolysis) is 1. The Morgan fingerprint density at radius 2 is 1.91 bits per heavy atom. The molecule has 22 heavy (non-hydrogen) atoms. The summed E-state index contributed by atoms with van der Waals surface area (Å²) in [6, 6.07) is 4.08. The molecule has 1 aromatic carbocycles. The van der Waals surface area contributed by atoms with Crippen LogP contribution in [0.25, 0.3) is 0 Å². The van der Waals surface area contributed by atoms with Crippen LogP contribution in [0.4, 0.5) is 10.5 Å². The zero-order valence-corrected chi connectivity index (χ0v) is 14.1. The average Bonchev–Trinajstić information content (AvgIpc) is 2.36. The van der Waals surface area contributed by atoms with Gasteiger partial charge in [0.15, 0.2) is 0 Å². The van der Waals surface area contributed by atoms with Crippen LogP contribution in [-0.2, 0) is 9.53 Å². The number of carbonyl (C=O) groups is 2. The van der Waals surface area contributed by atoms with Crippen LogP contribution in [0.15, 0.2) is 18.2 Å². The molecular formula is C15H21ClN2O4. The van der Waals surface area contributed by atoms with Crippen molar-refractivity contribution in [2.24, 2.45) is 0 Å². The molecule has 1 aromatic rings. The van der Waals surface area contributed by atoms with Crippen molar-refractivity contribution in [2.45, 2.75) is 39.3 Å². The Labute approximate surface area is 135 Å². The van der Waals surface area contributed by atoms with Gasteiger partial charge in [-0.2, -0.15) is 0 Å². The van der Waals surface area contributed by atoms with E-state index in [0.29, 0.717) is 16.5 Å². The molecule has 1 rings (SSSR count). The van der Waals surface area contributed by atoms with Gasteiger partial charge in [-0.1, -0.05) is 11.6 Å². The maximum atomic E-state index is 12.1. The van der Waals surface area contributed by atoms with Gasteiger partial charge in [-0.25, -0.2) is 4.79 Å². The molecule has 7 heteroatoms. The number of hydrogen-bond donors (Lipinski definition) is 2. The van der Waals surface area contributed by atoms with Gasteiger partial charge in [0.05, 0.1) is 12.8 Å². The van der Waals surface area contributed by atoms with E-state index in [1.807, 2.05) is 0 Å². The number of amides is 2. The second kappa shape index (κ2) is 7.35. The van der Waals surface area contributed by atoms with Crippen molar-refractivity contribution in [2.75, 3.05) is 12.4 Å². The third kappa shape index (κ3) is 5.81. The molecule has 0 fully saturated rings. The summed E-state index contributed by atoms with van der Waals surface area (Å²) in [4.78, 5) is 23.8. The van der Waals surface area contributed by atoms with Gasteiger partial charge in [0, 0.05) is 5.02 Å². The first-order valence-corrected chi connectivity index (χ1v) is 7.14. The van der Waals surface area contributed by atoms with Gasteiger partial charge >= 0.3 is 6.09 Å². The summed E-state index contributed by atoms with van der Waals surface area (Å²) in [6.07, 6.45) is -0.659. The van der Waals surface area contributed by atoms with Crippen molar-refractivity contribution in [1.82, 2.24) is 5.32 Å². The highest BCUT2D eigenvalue weighted by atomic mass is 35.5. The summed E-state index contributed by atoms with van der Waals surface area (Å²) in [5.74, 6) is 0.0636. The van der Waals surface area contributed by atoms with Crippen LogP contribution in [0.3, 0.4) is 0 Å². The van der Waals surface area contributed by atoms with Crippen LogP contribution >= 0.6 is 11.6 Å². The molecule has 1 atom stereocenters. The van der Waals surface area contributed by atoms with Crippen LogP contribution in [0.5, 0.6) is 5.75 Å². The molecule has 0 aromatic heterocycles. The number of methoxy groups -OCH3 is 1. The van der Waals surface area contributed by atoms with Crippen LogP contribution < -0.4 is 15.4 Å². The van der Waals surface area contributed by atoms with Crippen molar-refractivity contribution in [3.05, 3.63) is 23.2 Å². The Morgan fingerprint density at radius 1 is 1.27 bits per heavy atom. The summed E-state index contributed by atoms with van der Waals surface area (Å²) in [6.45, 7) is 6.78. The monoisotopic (exact) mass is 328 g/mol. The van der Waals surface area contributed by atoms with Crippen molar-refractivity contribution >= 4 is 29.3 Å². The molecule has 122 valence electrons. The van der Waals surface area contributed by atoms with Crippen molar-refractivity contribution in [3.63, 3.8) is 0 Å². The van der Waals surface area contributed by atoms with Crippen LogP contribution in [-0.4, -0.2) is 30.8 Å². The topological polar surface area (TPSA) is 76.7 Å². The lowest BCUT2D eigenvalue weighted by Gasteiger charge is -2.22. The first-order chi connectivity index (χ1) is 10.1. The molecule has 0 aliphatic carbocycles. The van der Waals surface area contributed by atoms with Crippen LogP contribution in [0, 0.1) is 0 Å². The Bertz CT molecular complexity index is 555. The van der Waals surface area contributed by atoms with E-state index in [2.05, 4.69) is 10.6 Å². The summed E-state index contributed by atoms with van der Waals surface area (Å²) in [5, 5.41) is 5.58. The van der Waals surface area contributed by atoms with Gasteiger partial charge in [0.25, 0.3) is 0 Å². The second-order valence-corrected chi connectivity index (χ2v) is 6.14. The van der Waals surface area contributed by atoms with E-state index in [-0.39, 0.29) is 0 Å². The number of anilines is 1. The number of halogens is 1. The summed E-state index contributed by atoms with van der Waals surface area (Å²) in [7, 11) is 1.49. The van der Waals surface area contributed by atoms with Gasteiger partial charge in [-0.3, -0.25) is 4.79 Å². The minimum atomic E-state index is -0.779. The predicted molar refractivity (Wildman–Crippen MR) is 85.5 cm³/mol. The SMILES string of the molecule is COc1ccc(Cl)cc1NC(=O)C(C)NC(=O)OC(C)(C)C. The van der Waals surface area contributed by atoms with Gasteiger partial charge in [-0.15, -0.1) is 0 Å². The summed E-state index contributed by atoms with van der Waals surface area (Å²) in [5.41, 5.74) is -0.200. The lowest BCUT2D eigenvalue weighted by atomic mass is 10.2. The molecule has 0 spiro atoms. The smallest absolute Gasteiger partial charge is 0.408 e. The number of rotatable bonds is 4. The fourth-order valence-corrected chi connectivity index (χ4v) is 1.74. The number of ether oxygens (including phenoxy) is 2. The highest BCUT2D eigenvalue weighted by Crippen LogP contribution is 2.27. The van der Waals surface area contributed by atoms with E-state index in [9.17, 15) is 9.59 Å². The van der Waals surface area contributed by atoms with Gasteiger partial charge in [0.1, 0.15) is 17.4 Å². The predicted octanol–water partition coefficient (Wildman–Crippen LogP) is 3.20. The highest BCUT2D eigenvalue weighted by Gasteiger charge is 2.21. The molecule has 0 bridgehead atoms. The Balaban J connectivity index is 2.69. The fraction of sp³-hybridized carbons (Fsp3) is 0.467. The first-order valence-electron chi connectivity index (χ1n) is 6.76. The maximum absolute atomic E-state index is 12.1. The number of nitrogens with one attached hydrogen (secondary N) is 2. The fourth-order valence-electron chi connectivity index (χ4n) is 1.57. The van der Waals surface area contributed by atoms with Gasteiger partial charge in [-0.05, 0) is 45.9 Å². The number of hydrogen-bond acceptors (Lipinski definition) is 4. The summed E-state index contributed by atoms with van der Waals surface area (Å²) >= 11 is 5.90. The molecule has 2 N–H and O–H groups in total. The zero-order chi connectivity index (χ0) is 16.9. The average molecular weight is 329 g/mol. The van der Waals surface area contributed by atoms with Crippen LogP contribution in [0.1, 0.15) is 27.7 Å². The lowest BCUT2D eigenvalue weighted by molar-refractivity contribution is -0.117. The molecule has 2 amide bonds. The van der Waals surface area contributed by atoms with E-state index >= 15 is 0 Å². The quantitative estimate of drug-likeness (QED) is 0.889. The largest absolute Gasteiger partial charge is 0.495 e. The Morgan fingerprint density at radius 3 is 2.45 bits per heavy atom. The molecular weight excluding hydrogens is 308 g/mol. The number of carbonyl (C=O) groups excluding carboxylic acids is 2. The minimum Gasteiger partial charge on any atom is -0.495 e. The molecule has 0 aliphatic heterocycles. The van der Waals surface area contributed by atoms with Crippen molar-refractivity contribution < 1.29 is 19.1 Å². The zero-order valence-electron chi connectivity index (χ0n) is 13.3. The molecule has 0 heterocycles. The third-order valence-corrected chi connectivity index (χ3v) is 2.78. The molecule has 6 nitrogen and oxygen atoms in total. The molecule has 0 saturated carbocycles. The van der Waals surface area contributed by atoms with E-state index < -0.39 is 23.6 Å². The molecule has 0 aliphatic rings. The van der Waals surface area contributed by atoms with Gasteiger partial charge in [0.2, 0.25) is 5.91 Å². The first kappa shape index (κ1) is 18.1. The normalized spacial score (nSPS) is 12.3. The maximum Gasteiger partial charge on any atom is 0.408 e.